The Kier molecular flexibility index (Phi) is 5.14. The molecule has 0 aliphatic carbocycles. The molecule has 0 bridgehead atoms. The highest BCUT2D eigenvalue weighted by atomic mass is 35.5. The molecule has 124 valence electrons. The van der Waals surface area contributed by atoms with Crippen molar-refractivity contribution in [1.82, 2.24) is 0 Å². The van der Waals surface area contributed by atoms with Crippen molar-refractivity contribution in [3.05, 3.63) is 45.0 Å². The fraction of sp³-hybridized carbons (Fsp3) is 0.353. The molecule has 1 aromatic carbocycles. The van der Waals surface area contributed by atoms with Crippen LogP contribution in [0, 0.1) is 20.8 Å². The minimum Gasteiger partial charge on any atom is -1.00 e. The van der Waals surface area contributed by atoms with E-state index in [1.165, 1.54) is 6.07 Å². The fourth-order valence-electron chi connectivity index (χ4n) is 2.79. The number of ether oxygens (including phenoxy) is 1. The lowest BCUT2D eigenvalue weighted by atomic mass is 10.0. The van der Waals surface area contributed by atoms with Gasteiger partial charge < -0.3 is 31.7 Å². The number of hydrogen-bond donors (Lipinski definition) is 1. The van der Waals surface area contributed by atoms with Crippen LogP contribution in [0.5, 0.6) is 0 Å². The number of nitrogens with two attached hydrogens (primary N) is 1. The van der Waals surface area contributed by atoms with E-state index in [9.17, 15) is 4.79 Å². The van der Waals surface area contributed by atoms with Gasteiger partial charge in [-0.1, -0.05) is 0 Å². The first-order valence-corrected chi connectivity index (χ1v) is 7.26. The van der Waals surface area contributed by atoms with Crippen LogP contribution in [0.15, 0.2) is 25.8 Å². The third kappa shape index (κ3) is 3.00. The molecule has 0 unspecified atom stereocenters. The van der Waals surface area contributed by atoms with Gasteiger partial charge in [-0.15, -0.1) is 0 Å². The Labute approximate surface area is 141 Å². The molecule has 3 rings (SSSR count). The molecule has 3 aromatic rings. The lowest BCUT2D eigenvalue weighted by Crippen LogP contribution is -3.00. The first-order chi connectivity index (χ1) is 10.5. The number of fused-ring (bicyclic) bond motifs is 2. The van der Waals surface area contributed by atoms with Crippen LogP contribution in [0.3, 0.4) is 0 Å². The SMILES string of the molecule is Cc1oc2c(C)c3oc(=O)cc(C)c3cc2c1COCCN.[Cl-].[H+]. The van der Waals surface area contributed by atoms with Gasteiger partial charge in [0.15, 0.2) is 0 Å². The third-order valence-corrected chi connectivity index (χ3v) is 3.93. The van der Waals surface area contributed by atoms with Crippen molar-refractivity contribution in [2.75, 3.05) is 13.2 Å². The minimum absolute atomic E-state index is 0. The second kappa shape index (κ2) is 6.74. The van der Waals surface area contributed by atoms with Gasteiger partial charge in [0.05, 0.1) is 13.2 Å². The summed E-state index contributed by atoms with van der Waals surface area (Å²) in [6.07, 6.45) is 0. The monoisotopic (exact) mass is 337 g/mol. The number of furan rings is 1. The largest absolute Gasteiger partial charge is 1.00 e. The number of rotatable bonds is 4. The number of hydrogen-bond acceptors (Lipinski definition) is 5. The molecular formula is C17H20ClNO4. The molecule has 2 heterocycles. The highest BCUT2D eigenvalue weighted by Crippen LogP contribution is 2.34. The Hall–Kier alpha value is -1.82. The van der Waals surface area contributed by atoms with Crippen molar-refractivity contribution in [2.45, 2.75) is 27.4 Å². The zero-order chi connectivity index (χ0) is 15.9. The Balaban J connectivity index is 0.00000144. The van der Waals surface area contributed by atoms with Crippen LogP contribution in [0.1, 0.15) is 23.9 Å². The summed E-state index contributed by atoms with van der Waals surface area (Å²) in [6.45, 7) is 7.17. The van der Waals surface area contributed by atoms with E-state index >= 15 is 0 Å². The van der Waals surface area contributed by atoms with E-state index in [0.29, 0.717) is 25.3 Å². The highest BCUT2D eigenvalue weighted by molar-refractivity contribution is 5.99. The van der Waals surface area contributed by atoms with Crippen LogP contribution in [0.4, 0.5) is 0 Å². The summed E-state index contributed by atoms with van der Waals surface area (Å²) in [4.78, 5) is 11.6. The maximum Gasteiger partial charge on any atom is 1.00 e. The first kappa shape index (κ1) is 17.5. The first-order valence-electron chi connectivity index (χ1n) is 7.26. The topological polar surface area (TPSA) is 78.6 Å². The Morgan fingerprint density at radius 1 is 1.13 bits per heavy atom. The minimum atomic E-state index is -0.345. The smallest absolute Gasteiger partial charge is 1.00 e. The second-order valence-corrected chi connectivity index (χ2v) is 5.48. The Morgan fingerprint density at radius 2 is 1.83 bits per heavy atom. The Morgan fingerprint density at radius 3 is 2.52 bits per heavy atom. The molecule has 0 amide bonds. The van der Waals surface area contributed by atoms with Gasteiger partial charge in [-0.3, -0.25) is 0 Å². The van der Waals surface area contributed by atoms with Gasteiger partial charge in [0.1, 0.15) is 16.9 Å². The lowest BCUT2D eigenvalue weighted by molar-refractivity contribution is -0.00000635. The molecule has 0 atom stereocenters. The van der Waals surface area contributed by atoms with E-state index < -0.39 is 0 Å². The molecule has 0 spiro atoms. The summed E-state index contributed by atoms with van der Waals surface area (Å²) in [6, 6.07) is 3.51. The molecule has 23 heavy (non-hydrogen) atoms. The molecule has 2 aromatic heterocycles. The summed E-state index contributed by atoms with van der Waals surface area (Å²) in [5.74, 6) is 0.811. The van der Waals surface area contributed by atoms with Crippen LogP contribution < -0.4 is 23.8 Å². The van der Waals surface area contributed by atoms with Gasteiger partial charge in [-0.2, -0.15) is 0 Å². The molecule has 0 saturated carbocycles. The van der Waals surface area contributed by atoms with Gasteiger partial charge in [-0.25, -0.2) is 4.79 Å². The average molecular weight is 338 g/mol. The van der Waals surface area contributed by atoms with Crippen LogP contribution in [-0.4, -0.2) is 13.2 Å². The summed E-state index contributed by atoms with van der Waals surface area (Å²) in [7, 11) is 0. The van der Waals surface area contributed by atoms with Crippen LogP contribution >= 0.6 is 0 Å². The predicted molar refractivity (Wildman–Crippen MR) is 86.3 cm³/mol. The normalized spacial score (nSPS) is 11.1. The van der Waals surface area contributed by atoms with Gasteiger partial charge in [0, 0.05) is 34.5 Å². The van der Waals surface area contributed by atoms with E-state index in [1.807, 2.05) is 26.8 Å². The maximum absolute atomic E-state index is 11.6. The van der Waals surface area contributed by atoms with Gasteiger partial charge in [0.25, 0.3) is 0 Å². The van der Waals surface area contributed by atoms with E-state index in [2.05, 4.69) is 0 Å². The Bertz CT molecular complexity index is 916. The van der Waals surface area contributed by atoms with E-state index in [1.54, 1.807) is 0 Å². The molecule has 2 N–H and O–H groups in total. The van der Waals surface area contributed by atoms with Crippen molar-refractivity contribution in [2.24, 2.45) is 5.73 Å². The molecule has 0 radical (unpaired) electrons. The van der Waals surface area contributed by atoms with Crippen LogP contribution in [0.25, 0.3) is 21.9 Å². The quantitative estimate of drug-likeness (QED) is 0.538. The van der Waals surface area contributed by atoms with Crippen molar-refractivity contribution < 1.29 is 27.4 Å². The van der Waals surface area contributed by atoms with Gasteiger partial charge in [0.2, 0.25) is 0 Å². The van der Waals surface area contributed by atoms with Crippen LogP contribution in [0.2, 0.25) is 0 Å². The molecule has 6 heteroatoms. The molecular weight excluding hydrogens is 318 g/mol. The van der Waals surface area contributed by atoms with Crippen molar-refractivity contribution in [1.29, 1.82) is 0 Å². The standard InChI is InChI=1S/C17H19NO4.ClH/c1-9-6-15(19)22-16-10(2)17-13(7-12(9)16)14(11(3)21-17)8-20-5-4-18;/h6-7H,4-5,8,18H2,1-3H3;1H. The predicted octanol–water partition coefficient (Wildman–Crippen LogP) is 0.0563. The third-order valence-electron chi connectivity index (χ3n) is 3.93. The number of aryl methyl sites for hydroxylation is 3. The molecule has 0 fully saturated rings. The summed E-state index contributed by atoms with van der Waals surface area (Å²) in [5, 5.41) is 1.92. The zero-order valence-corrected chi connectivity index (χ0v) is 14.1. The van der Waals surface area contributed by atoms with Crippen molar-refractivity contribution >= 4 is 21.9 Å². The summed E-state index contributed by atoms with van der Waals surface area (Å²) in [5.41, 5.74) is 9.18. The van der Waals surface area contributed by atoms with Crippen molar-refractivity contribution in [3.63, 3.8) is 0 Å². The van der Waals surface area contributed by atoms with Gasteiger partial charge in [-0.05, 0) is 32.4 Å². The van der Waals surface area contributed by atoms with E-state index in [4.69, 9.17) is 19.3 Å². The van der Waals surface area contributed by atoms with Crippen LogP contribution in [-0.2, 0) is 11.3 Å². The van der Waals surface area contributed by atoms with E-state index in [-0.39, 0.29) is 19.5 Å². The molecule has 5 nitrogen and oxygen atoms in total. The highest BCUT2D eigenvalue weighted by Gasteiger charge is 2.17. The molecule has 0 aliphatic heterocycles. The summed E-state index contributed by atoms with van der Waals surface area (Å²) >= 11 is 0. The zero-order valence-electron chi connectivity index (χ0n) is 14.4. The van der Waals surface area contributed by atoms with Crippen molar-refractivity contribution in [3.8, 4) is 0 Å². The summed E-state index contributed by atoms with van der Waals surface area (Å²) < 4.78 is 16.8. The molecule has 0 aliphatic rings. The molecule has 0 saturated heterocycles. The number of halogens is 1. The maximum atomic E-state index is 11.6. The second-order valence-electron chi connectivity index (χ2n) is 5.48. The average Bonchev–Trinajstić information content (AvgIpc) is 2.78. The fourth-order valence-corrected chi connectivity index (χ4v) is 2.79. The number of benzene rings is 1. The van der Waals surface area contributed by atoms with Gasteiger partial charge >= 0.3 is 7.05 Å². The lowest BCUT2D eigenvalue weighted by Gasteiger charge is -2.06. The van der Waals surface area contributed by atoms with E-state index in [0.717, 1.165) is 38.8 Å².